The number of halogens is 2. The Labute approximate surface area is 147 Å². The molecule has 3 aliphatic rings. The normalized spacial score (nSPS) is 22.7. The maximum Gasteiger partial charge on any atom is 0.324 e. The van der Waals surface area contributed by atoms with Gasteiger partial charge in [0.15, 0.2) is 5.01 Å². The van der Waals surface area contributed by atoms with Crippen LogP contribution in [0.3, 0.4) is 0 Å². The van der Waals surface area contributed by atoms with E-state index in [1.165, 1.54) is 12.1 Å². The van der Waals surface area contributed by atoms with Crippen molar-refractivity contribution in [3.05, 3.63) is 29.0 Å². The summed E-state index contributed by atoms with van der Waals surface area (Å²) in [5, 5.41) is 15.0. The minimum absolute atomic E-state index is 0.187. The second kappa shape index (κ2) is 6.27. The van der Waals surface area contributed by atoms with Gasteiger partial charge in [-0.15, -0.1) is 10.2 Å². The van der Waals surface area contributed by atoms with E-state index in [-0.39, 0.29) is 22.7 Å². The SMILES string of the molecule is O=C(Nc1nnc(-c2c(F)cccc2Cl)s1)N1CC2CCC1CN2. The zero-order valence-electron chi connectivity index (χ0n) is 12.6. The van der Waals surface area contributed by atoms with Crippen molar-refractivity contribution in [2.24, 2.45) is 0 Å². The van der Waals surface area contributed by atoms with Crippen LogP contribution in [0.1, 0.15) is 12.8 Å². The van der Waals surface area contributed by atoms with E-state index in [1.807, 2.05) is 4.90 Å². The summed E-state index contributed by atoms with van der Waals surface area (Å²) in [5.74, 6) is -0.462. The molecule has 1 aromatic heterocycles. The summed E-state index contributed by atoms with van der Waals surface area (Å²) in [6.45, 7) is 1.52. The molecule has 5 rings (SSSR count). The lowest BCUT2D eigenvalue weighted by molar-refractivity contribution is 0.106. The van der Waals surface area contributed by atoms with Crippen molar-refractivity contribution in [1.82, 2.24) is 20.4 Å². The van der Waals surface area contributed by atoms with Gasteiger partial charge in [0.05, 0.1) is 10.6 Å². The molecule has 1 aromatic carbocycles. The van der Waals surface area contributed by atoms with E-state index in [1.54, 1.807) is 6.07 Å². The van der Waals surface area contributed by atoms with Gasteiger partial charge in [0.25, 0.3) is 0 Å². The van der Waals surface area contributed by atoms with Crippen molar-refractivity contribution < 1.29 is 9.18 Å². The monoisotopic (exact) mass is 367 g/mol. The maximum atomic E-state index is 14.0. The van der Waals surface area contributed by atoms with Crippen LogP contribution in [0, 0.1) is 5.82 Å². The number of urea groups is 1. The summed E-state index contributed by atoms with van der Waals surface area (Å²) >= 11 is 7.15. The van der Waals surface area contributed by atoms with Crippen LogP contribution in [0.5, 0.6) is 0 Å². The summed E-state index contributed by atoms with van der Waals surface area (Å²) in [7, 11) is 0. The number of carbonyl (C=O) groups is 1. The highest BCUT2D eigenvalue weighted by atomic mass is 35.5. The molecule has 3 saturated heterocycles. The van der Waals surface area contributed by atoms with Crippen molar-refractivity contribution >= 4 is 34.1 Å². The molecule has 126 valence electrons. The lowest BCUT2D eigenvalue weighted by Gasteiger charge is -2.45. The number of anilines is 1. The molecule has 0 spiro atoms. The highest BCUT2D eigenvalue weighted by Crippen LogP contribution is 2.34. The Morgan fingerprint density at radius 3 is 2.96 bits per heavy atom. The number of piperazine rings is 1. The third-order valence-electron chi connectivity index (χ3n) is 4.42. The standard InChI is InChI=1S/C15H15ClFN5OS/c16-10-2-1-3-11(17)12(10)13-20-21-14(24-13)19-15(23)22-7-8-4-5-9(22)6-18-8/h1-3,8-9,18H,4-7H2,(H,19,21,23). The van der Waals surface area contributed by atoms with Crippen LogP contribution < -0.4 is 10.6 Å². The molecular formula is C15H15ClFN5OS. The lowest BCUT2D eigenvalue weighted by Crippen LogP contribution is -2.63. The van der Waals surface area contributed by atoms with E-state index < -0.39 is 5.82 Å². The summed E-state index contributed by atoms with van der Waals surface area (Å²) in [4.78, 5) is 14.3. The van der Waals surface area contributed by atoms with Crippen LogP contribution in [0.15, 0.2) is 18.2 Å². The molecule has 0 aliphatic carbocycles. The molecule has 6 nitrogen and oxygen atoms in total. The first-order chi connectivity index (χ1) is 11.6. The van der Waals surface area contributed by atoms with Crippen molar-refractivity contribution in [2.45, 2.75) is 24.9 Å². The number of hydrogen-bond donors (Lipinski definition) is 2. The zero-order chi connectivity index (χ0) is 16.7. The van der Waals surface area contributed by atoms with E-state index in [0.717, 1.165) is 30.7 Å². The molecule has 2 bridgehead atoms. The Hall–Kier alpha value is -1.77. The minimum atomic E-state index is -0.462. The molecule has 3 fully saturated rings. The van der Waals surface area contributed by atoms with Gasteiger partial charge in [0, 0.05) is 25.2 Å². The van der Waals surface area contributed by atoms with Crippen molar-refractivity contribution in [1.29, 1.82) is 0 Å². The van der Waals surface area contributed by atoms with E-state index in [0.29, 0.717) is 22.7 Å². The van der Waals surface area contributed by atoms with Crippen LogP contribution in [0.2, 0.25) is 5.02 Å². The average Bonchev–Trinajstić information content (AvgIpc) is 3.03. The van der Waals surface area contributed by atoms with Crippen LogP contribution in [-0.2, 0) is 0 Å². The van der Waals surface area contributed by atoms with E-state index in [4.69, 9.17) is 11.6 Å². The fourth-order valence-electron chi connectivity index (χ4n) is 3.20. The Kier molecular flexibility index (Phi) is 4.11. The van der Waals surface area contributed by atoms with Gasteiger partial charge < -0.3 is 10.2 Å². The van der Waals surface area contributed by atoms with E-state index in [2.05, 4.69) is 20.8 Å². The van der Waals surface area contributed by atoms with Gasteiger partial charge in [0.1, 0.15) is 5.82 Å². The molecule has 2 N–H and O–H groups in total. The van der Waals surface area contributed by atoms with E-state index in [9.17, 15) is 9.18 Å². The number of hydrogen-bond acceptors (Lipinski definition) is 5. The molecule has 2 unspecified atom stereocenters. The number of nitrogens with zero attached hydrogens (tertiary/aromatic N) is 3. The summed E-state index contributed by atoms with van der Waals surface area (Å²) in [6.07, 6.45) is 2.11. The smallest absolute Gasteiger partial charge is 0.319 e. The summed E-state index contributed by atoms with van der Waals surface area (Å²) < 4.78 is 14.0. The summed E-state index contributed by atoms with van der Waals surface area (Å²) in [6, 6.07) is 4.83. The number of amides is 2. The highest BCUT2D eigenvalue weighted by Gasteiger charge is 2.36. The third-order valence-corrected chi connectivity index (χ3v) is 5.60. The quantitative estimate of drug-likeness (QED) is 0.856. The van der Waals surface area contributed by atoms with Crippen molar-refractivity contribution in [3.63, 3.8) is 0 Å². The minimum Gasteiger partial charge on any atom is -0.319 e. The van der Waals surface area contributed by atoms with Crippen molar-refractivity contribution in [2.75, 3.05) is 18.4 Å². The van der Waals surface area contributed by atoms with Gasteiger partial charge in [-0.1, -0.05) is 29.0 Å². The number of aromatic nitrogens is 2. The highest BCUT2D eigenvalue weighted by molar-refractivity contribution is 7.18. The van der Waals surface area contributed by atoms with Crippen LogP contribution in [0.25, 0.3) is 10.6 Å². The number of piperidine rings is 2. The second-order valence-corrected chi connectivity index (χ2v) is 7.31. The zero-order valence-corrected chi connectivity index (χ0v) is 14.2. The fraction of sp³-hybridized carbons (Fsp3) is 0.400. The Morgan fingerprint density at radius 2 is 2.29 bits per heavy atom. The first kappa shape index (κ1) is 15.7. The number of benzene rings is 1. The number of fused-ring (bicyclic) bond motifs is 3. The van der Waals surface area contributed by atoms with Gasteiger partial charge in [-0.05, 0) is 25.0 Å². The Bertz CT molecular complexity index is 757. The number of rotatable bonds is 2. The molecule has 9 heteroatoms. The third kappa shape index (κ3) is 2.85. The second-order valence-electron chi connectivity index (χ2n) is 5.93. The van der Waals surface area contributed by atoms with Crippen LogP contribution in [-0.4, -0.2) is 46.3 Å². The molecular weight excluding hydrogens is 353 g/mol. The largest absolute Gasteiger partial charge is 0.324 e. The lowest BCUT2D eigenvalue weighted by atomic mass is 9.93. The molecule has 24 heavy (non-hydrogen) atoms. The molecule has 0 radical (unpaired) electrons. The molecule has 3 aliphatic heterocycles. The summed E-state index contributed by atoms with van der Waals surface area (Å²) in [5.41, 5.74) is 0.207. The predicted molar refractivity (Wildman–Crippen MR) is 90.9 cm³/mol. The van der Waals surface area contributed by atoms with Gasteiger partial charge in [-0.3, -0.25) is 5.32 Å². The number of nitrogens with one attached hydrogen (secondary N) is 2. The van der Waals surface area contributed by atoms with Gasteiger partial charge in [-0.2, -0.15) is 0 Å². The Morgan fingerprint density at radius 1 is 1.42 bits per heavy atom. The van der Waals surface area contributed by atoms with Crippen LogP contribution in [0.4, 0.5) is 14.3 Å². The van der Waals surface area contributed by atoms with Gasteiger partial charge >= 0.3 is 6.03 Å². The van der Waals surface area contributed by atoms with Gasteiger partial charge in [-0.25, -0.2) is 9.18 Å². The average molecular weight is 368 g/mol. The number of carbonyl (C=O) groups excluding carboxylic acids is 1. The van der Waals surface area contributed by atoms with Crippen LogP contribution >= 0.6 is 22.9 Å². The fourth-order valence-corrected chi connectivity index (χ4v) is 4.30. The maximum absolute atomic E-state index is 14.0. The first-order valence-corrected chi connectivity index (χ1v) is 8.90. The molecule has 4 heterocycles. The first-order valence-electron chi connectivity index (χ1n) is 7.70. The van der Waals surface area contributed by atoms with Gasteiger partial charge in [0.2, 0.25) is 5.13 Å². The Balaban J connectivity index is 1.50. The molecule has 0 saturated carbocycles. The topological polar surface area (TPSA) is 70.2 Å². The van der Waals surface area contributed by atoms with E-state index >= 15 is 0 Å². The molecule has 2 amide bonds. The predicted octanol–water partition coefficient (Wildman–Crippen LogP) is 2.97. The van der Waals surface area contributed by atoms with Crippen molar-refractivity contribution in [3.8, 4) is 10.6 Å². The molecule has 2 aromatic rings. The molecule has 2 atom stereocenters.